The van der Waals surface area contributed by atoms with Crippen molar-refractivity contribution in [3.8, 4) is 0 Å². The first kappa shape index (κ1) is 37.4. The first-order valence-electron chi connectivity index (χ1n) is 18.3. The first-order valence-corrected chi connectivity index (χ1v) is 18.3. The summed E-state index contributed by atoms with van der Waals surface area (Å²) in [5.41, 5.74) is 13.1. The van der Waals surface area contributed by atoms with E-state index in [1.165, 1.54) is 17.7 Å². The number of aliphatic imine (C=N–C) groups is 1. The average Bonchev–Trinajstić information content (AvgIpc) is 3.62. The van der Waals surface area contributed by atoms with Crippen molar-refractivity contribution in [1.82, 2.24) is 29.6 Å². The molecule has 1 spiro atoms. The summed E-state index contributed by atoms with van der Waals surface area (Å²) in [6.07, 6.45) is 13.1. The van der Waals surface area contributed by atoms with E-state index in [1.807, 2.05) is 23.2 Å². The third kappa shape index (κ3) is 9.50. The van der Waals surface area contributed by atoms with E-state index >= 15 is 0 Å². The van der Waals surface area contributed by atoms with Gasteiger partial charge in [-0.3, -0.25) is 14.5 Å². The number of aromatic amines is 1. The first-order chi connectivity index (χ1) is 24.6. The smallest absolute Gasteiger partial charge is 0.407 e. The summed E-state index contributed by atoms with van der Waals surface area (Å²) >= 11 is 0. The highest BCUT2D eigenvalue weighted by atomic mass is 16.4. The van der Waals surface area contributed by atoms with Crippen LogP contribution < -0.4 is 11.5 Å². The lowest BCUT2D eigenvalue weighted by Crippen LogP contribution is -2.72. The molecule has 0 radical (unpaired) electrons. The second-order valence-electron chi connectivity index (χ2n) is 14.2. The summed E-state index contributed by atoms with van der Waals surface area (Å²) in [5.74, 6) is 0.906. The normalized spacial score (nSPS) is 22.9. The SMILES string of the molecule is NC(N)=Nc1ccc(CC(=O)N2CCN(C(=O)O)C3(C2)C2CCCC3CCC2)cc1.O=C(O)N1CCN(C(=O)CCCCCc2cnc[nH]2)CC1. The van der Waals surface area contributed by atoms with Gasteiger partial charge in [0.05, 0.1) is 24.0 Å². The third-order valence-corrected chi connectivity index (χ3v) is 11.1. The second-order valence-corrected chi connectivity index (χ2v) is 14.2. The molecule has 2 aliphatic carbocycles. The fourth-order valence-corrected chi connectivity index (χ4v) is 8.55. The number of carboxylic acid groups (broad SMARTS) is 2. The Morgan fingerprint density at radius 2 is 1.43 bits per heavy atom. The third-order valence-electron chi connectivity index (χ3n) is 11.1. The number of aromatic nitrogens is 2. The fourth-order valence-electron chi connectivity index (χ4n) is 8.55. The number of unbranched alkanes of at least 4 members (excludes halogenated alkanes) is 2. The minimum Gasteiger partial charge on any atom is -0.465 e. The van der Waals surface area contributed by atoms with Gasteiger partial charge < -0.3 is 41.4 Å². The van der Waals surface area contributed by atoms with Crippen LogP contribution in [0.3, 0.4) is 0 Å². The van der Waals surface area contributed by atoms with E-state index in [-0.39, 0.29) is 17.8 Å². The predicted molar refractivity (Wildman–Crippen MR) is 191 cm³/mol. The standard InChI is InChI=1S/C22H31N5O3.C14H22N4O3/c23-20(24)25-18-9-7-15(8-10-18)13-19(28)26-11-12-27(21(29)30)22(14-26)16-3-1-4-17(22)6-2-5-16;19-13(17-6-8-18(9-7-17)14(20)21)5-3-1-2-4-12-10-15-11-16-12/h7-10,16-17H,1-6,11-14H2,(H,29,30)(H4,23,24,25);10-11H,1-9H2,(H,15,16)(H,20,21). The van der Waals surface area contributed by atoms with Crippen LogP contribution in [-0.2, 0) is 22.4 Å². The highest BCUT2D eigenvalue weighted by Gasteiger charge is 2.57. The zero-order chi connectivity index (χ0) is 36.4. The number of nitrogens with one attached hydrogen (secondary N) is 1. The van der Waals surface area contributed by atoms with Gasteiger partial charge in [0.1, 0.15) is 0 Å². The van der Waals surface area contributed by atoms with Crippen molar-refractivity contribution in [3.63, 3.8) is 0 Å². The van der Waals surface area contributed by atoms with Crippen LogP contribution in [0.1, 0.15) is 75.5 Å². The minimum absolute atomic E-state index is 0.00143. The summed E-state index contributed by atoms with van der Waals surface area (Å²) < 4.78 is 0. The molecule has 3 heterocycles. The maximum atomic E-state index is 13.1. The summed E-state index contributed by atoms with van der Waals surface area (Å²) in [4.78, 5) is 65.8. The van der Waals surface area contributed by atoms with E-state index in [2.05, 4.69) is 15.0 Å². The van der Waals surface area contributed by atoms with Crippen molar-refractivity contribution >= 4 is 35.6 Å². The summed E-state index contributed by atoms with van der Waals surface area (Å²) in [5, 5.41) is 18.8. The largest absolute Gasteiger partial charge is 0.465 e. The molecule has 15 heteroatoms. The number of piperazine rings is 2. The van der Waals surface area contributed by atoms with Gasteiger partial charge >= 0.3 is 12.2 Å². The van der Waals surface area contributed by atoms with Crippen LogP contribution in [0, 0.1) is 11.8 Å². The lowest BCUT2D eigenvalue weighted by atomic mass is 9.58. The van der Waals surface area contributed by atoms with Gasteiger partial charge in [-0.1, -0.05) is 31.4 Å². The maximum absolute atomic E-state index is 13.1. The van der Waals surface area contributed by atoms with E-state index < -0.39 is 17.7 Å². The number of carbonyl (C=O) groups excluding carboxylic acids is 2. The lowest BCUT2D eigenvalue weighted by molar-refractivity contribution is -0.146. The quantitative estimate of drug-likeness (QED) is 0.146. The molecule has 0 unspecified atom stereocenters. The van der Waals surface area contributed by atoms with Crippen molar-refractivity contribution in [1.29, 1.82) is 0 Å². The number of imidazole rings is 1. The molecule has 2 saturated heterocycles. The topological polar surface area (TPSA) is 215 Å². The zero-order valence-electron chi connectivity index (χ0n) is 29.4. The van der Waals surface area contributed by atoms with Gasteiger partial charge in [-0.2, -0.15) is 0 Å². The average molecular weight is 708 g/mol. The van der Waals surface area contributed by atoms with E-state index in [1.54, 1.807) is 28.3 Å². The Morgan fingerprint density at radius 3 is 2.00 bits per heavy atom. The van der Waals surface area contributed by atoms with Gasteiger partial charge in [0, 0.05) is 64.1 Å². The zero-order valence-corrected chi connectivity index (χ0v) is 29.4. The molecule has 4 fully saturated rings. The monoisotopic (exact) mass is 707 g/mol. The molecule has 1 aromatic heterocycles. The molecule has 278 valence electrons. The molecular weight excluding hydrogens is 654 g/mol. The summed E-state index contributed by atoms with van der Waals surface area (Å²) in [7, 11) is 0. The number of aryl methyl sites for hydroxylation is 1. The Hall–Kier alpha value is -4.82. The van der Waals surface area contributed by atoms with E-state index in [4.69, 9.17) is 16.6 Å². The molecule has 2 aromatic rings. The van der Waals surface area contributed by atoms with Crippen LogP contribution in [0.5, 0.6) is 0 Å². The Bertz CT molecular complexity index is 1480. The van der Waals surface area contributed by atoms with Crippen molar-refractivity contribution in [2.24, 2.45) is 28.3 Å². The summed E-state index contributed by atoms with van der Waals surface area (Å²) in [6.45, 7) is 3.25. The number of carbonyl (C=O) groups is 4. The molecule has 15 nitrogen and oxygen atoms in total. The molecule has 0 atom stereocenters. The van der Waals surface area contributed by atoms with Crippen LogP contribution in [0.15, 0.2) is 41.8 Å². The molecule has 4 amide bonds. The molecule has 2 saturated carbocycles. The highest BCUT2D eigenvalue weighted by Crippen LogP contribution is 2.52. The molecule has 51 heavy (non-hydrogen) atoms. The van der Waals surface area contributed by atoms with Crippen LogP contribution in [0.25, 0.3) is 0 Å². The Kier molecular flexibility index (Phi) is 12.8. The maximum Gasteiger partial charge on any atom is 0.407 e. The van der Waals surface area contributed by atoms with Gasteiger partial charge in [-0.15, -0.1) is 0 Å². The number of benzene rings is 1. The number of hydrogen-bond acceptors (Lipinski definition) is 6. The van der Waals surface area contributed by atoms with Crippen molar-refractivity contribution < 1.29 is 29.4 Å². The number of nitrogens with zero attached hydrogens (tertiary/aromatic N) is 6. The summed E-state index contributed by atoms with van der Waals surface area (Å²) in [6, 6.07) is 7.30. The number of H-pyrrole nitrogens is 1. The van der Waals surface area contributed by atoms with Crippen molar-refractivity contribution in [2.75, 3.05) is 45.8 Å². The van der Waals surface area contributed by atoms with Gasteiger partial charge in [-0.05, 0) is 74.5 Å². The lowest BCUT2D eigenvalue weighted by Gasteiger charge is -2.61. The Balaban J connectivity index is 0.000000211. The molecule has 7 N–H and O–H groups in total. The molecule has 6 rings (SSSR count). The molecule has 4 aliphatic rings. The number of nitrogens with two attached hydrogens (primary N) is 2. The van der Waals surface area contributed by atoms with Gasteiger partial charge in [0.15, 0.2) is 5.96 Å². The number of hydrogen-bond donors (Lipinski definition) is 5. The van der Waals surface area contributed by atoms with Gasteiger partial charge in [-0.25, -0.2) is 19.6 Å². The van der Waals surface area contributed by atoms with Crippen molar-refractivity contribution in [2.45, 2.75) is 82.6 Å². The van der Waals surface area contributed by atoms with Crippen molar-refractivity contribution in [3.05, 3.63) is 48.0 Å². The van der Waals surface area contributed by atoms with Gasteiger partial charge in [0.2, 0.25) is 11.8 Å². The minimum atomic E-state index is -0.902. The molecule has 2 bridgehead atoms. The van der Waals surface area contributed by atoms with E-state index in [0.717, 1.165) is 62.6 Å². The Morgan fingerprint density at radius 1 is 0.804 bits per heavy atom. The number of rotatable bonds is 9. The van der Waals surface area contributed by atoms with Crippen LogP contribution in [0.2, 0.25) is 0 Å². The number of amides is 4. The molecule has 1 aromatic carbocycles. The van der Waals surface area contributed by atoms with E-state index in [0.29, 0.717) is 76.2 Å². The predicted octanol–water partition coefficient (Wildman–Crippen LogP) is 3.63. The molecule has 2 aliphatic heterocycles. The van der Waals surface area contributed by atoms with Gasteiger partial charge in [0.25, 0.3) is 0 Å². The van der Waals surface area contributed by atoms with E-state index in [9.17, 15) is 24.3 Å². The van der Waals surface area contributed by atoms with Crippen LogP contribution in [0.4, 0.5) is 15.3 Å². The Labute approximate surface area is 299 Å². The second kappa shape index (κ2) is 17.4. The fraction of sp³-hybridized carbons (Fsp3) is 0.611. The highest BCUT2D eigenvalue weighted by molar-refractivity contribution is 5.81. The van der Waals surface area contributed by atoms with Crippen LogP contribution in [-0.4, -0.2) is 121 Å². The number of guanidine groups is 1. The molecular formula is C36H53N9O6. The van der Waals surface area contributed by atoms with Crippen LogP contribution >= 0.6 is 0 Å².